The van der Waals surface area contributed by atoms with Gasteiger partial charge in [0.25, 0.3) is 0 Å². The van der Waals surface area contributed by atoms with Crippen LogP contribution in [-0.2, 0) is 17.6 Å². The van der Waals surface area contributed by atoms with Crippen molar-refractivity contribution in [1.29, 1.82) is 0 Å². The Morgan fingerprint density at radius 2 is 2.30 bits per heavy atom. The summed E-state index contributed by atoms with van der Waals surface area (Å²) in [6.07, 6.45) is 7.86. The molecule has 3 aromatic rings. The minimum atomic E-state index is -0.414. The van der Waals surface area contributed by atoms with Gasteiger partial charge in [-0.3, -0.25) is 4.79 Å². The van der Waals surface area contributed by atoms with E-state index in [1.807, 2.05) is 5.38 Å². The Labute approximate surface area is 169 Å². The van der Waals surface area contributed by atoms with Gasteiger partial charge in [-0.2, -0.15) is 5.10 Å². The van der Waals surface area contributed by atoms with Crippen molar-refractivity contribution in [3.63, 3.8) is 0 Å². The molecule has 0 aliphatic carbocycles. The normalized spacial score (nSPS) is 11.2. The Bertz CT molecular complexity index is 966. The van der Waals surface area contributed by atoms with E-state index in [0.29, 0.717) is 24.2 Å². The summed E-state index contributed by atoms with van der Waals surface area (Å²) >= 11 is 4.92. The van der Waals surface area contributed by atoms with Crippen LogP contribution in [0.1, 0.15) is 23.2 Å². The van der Waals surface area contributed by atoms with E-state index < -0.39 is 5.82 Å². The number of hydrogen-bond acceptors (Lipinski definition) is 4. The lowest BCUT2D eigenvalue weighted by Gasteiger charge is -2.04. The Morgan fingerprint density at radius 1 is 1.44 bits per heavy atom. The lowest BCUT2D eigenvalue weighted by atomic mass is 10.2. The first-order valence-corrected chi connectivity index (χ1v) is 10.1. The molecule has 1 amide bonds. The van der Waals surface area contributed by atoms with Gasteiger partial charge in [0.05, 0.1) is 21.4 Å². The van der Waals surface area contributed by atoms with E-state index >= 15 is 0 Å². The van der Waals surface area contributed by atoms with E-state index in [9.17, 15) is 9.18 Å². The highest BCUT2D eigenvalue weighted by molar-refractivity contribution is 9.10. The average molecular weight is 449 g/mol. The van der Waals surface area contributed by atoms with Gasteiger partial charge >= 0.3 is 0 Å². The number of thiazole rings is 1. The van der Waals surface area contributed by atoms with E-state index in [-0.39, 0.29) is 5.91 Å². The monoisotopic (exact) mass is 448 g/mol. The molecule has 5 nitrogen and oxygen atoms in total. The maximum atomic E-state index is 14.3. The fraction of sp³-hybridized carbons (Fsp3) is 0.211. The highest BCUT2D eigenvalue weighted by atomic mass is 79.9. The lowest BCUT2D eigenvalue weighted by molar-refractivity contribution is -0.116. The van der Waals surface area contributed by atoms with Gasteiger partial charge in [-0.25, -0.2) is 14.1 Å². The summed E-state index contributed by atoms with van der Waals surface area (Å²) in [5.74, 6) is -0.634. The number of halogens is 2. The third-order valence-electron chi connectivity index (χ3n) is 3.78. The number of carbonyl (C=O) groups excluding carboxylic acids is 1. The molecule has 140 valence electrons. The number of amides is 1. The second kappa shape index (κ2) is 9.05. The molecule has 0 atom stereocenters. The average Bonchev–Trinajstić information content (AvgIpc) is 3.29. The van der Waals surface area contributed by atoms with Gasteiger partial charge in [0.15, 0.2) is 0 Å². The summed E-state index contributed by atoms with van der Waals surface area (Å²) < 4.78 is 16.5. The molecule has 0 aliphatic rings. The zero-order valence-electron chi connectivity index (χ0n) is 14.7. The van der Waals surface area contributed by atoms with Crippen LogP contribution in [0.3, 0.4) is 0 Å². The number of benzene rings is 1. The van der Waals surface area contributed by atoms with Crippen LogP contribution in [0, 0.1) is 5.82 Å². The zero-order valence-corrected chi connectivity index (χ0v) is 17.1. The van der Waals surface area contributed by atoms with Gasteiger partial charge in [0, 0.05) is 30.6 Å². The molecule has 1 aromatic carbocycles. The Morgan fingerprint density at radius 3 is 2.96 bits per heavy atom. The van der Waals surface area contributed by atoms with Gasteiger partial charge < -0.3 is 5.32 Å². The Kier molecular flexibility index (Phi) is 6.52. The van der Waals surface area contributed by atoms with Crippen LogP contribution >= 0.6 is 27.3 Å². The van der Waals surface area contributed by atoms with Gasteiger partial charge in [-0.05, 0) is 46.1 Å². The quantitative estimate of drug-likeness (QED) is 0.551. The minimum absolute atomic E-state index is 0.221. The van der Waals surface area contributed by atoms with Crippen LogP contribution in [0.2, 0.25) is 0 Å². The topological polar surface area (TPSA) is 59.8 Å². The molecule has 0 bridgehead atoms. The first kappa shape index (κ1) is 19.4. The zero-order chi connectivity index (χ0) is 19.2. The molecule has 0 aliphatic heterocycles. The molecular weight excluding hydrogens is 431 g/mol. The number of rotatable bonds is 7. The Hall–Kier alpha value is -2.32. The lowest BCUT2D eigenvalue weighted by Crippen LogP contribution is -2.23. The van der Waals surface area contributed by atoms with Crippen molar-refractivity contribution in [3.05, 3.63) is 68.6 Å². The van der Waals surface area contributed by atoms with E-state index in [4.69, 9.17) is 0 Å². The van der Waals surface area contributed by atoms with Crippen molar-refractivity contribution in [3.8, 4) is 5.69 Å². The van der Waals surface area contributed by atoms with Crippen molar-refractivity contribution in [2.75, 3.05) is 6.54 Å². The standard InChI is InChI=1S/C19H18BrFN4OS/c1-2-19-24-15(12-27-19)7-8-22-18(26)6-4-13-3-5-17(16(21)9-13)25-11-14(20)10-23-25/h3-6,9-12H,2,7-8H2,1H3,(H,22,26)/b6-4+. The number of aryl methyl sites for hydroxylation is 1. The van der Waals surface area contributed by atoms with Crippen LogP contribution in [0.4, 0.5) is 4.39 Å². The summed E-state index contributed by atoms with van der Waals surface area (Å²) in [6.45, 7) is 2.58. The number of hydrogen-bond donors (Lipinski definition) is 1. The largest absolute Gasteiger partial charge is 0.352 e. The summed E-state index contributed by atoms with van der Waals surface area (Å²) in [5.41, 5.74) is 1.94. The minimum Gasteiger partial charge on any atom is -0.352 e. The van der Waals surface area contributed by atoms with Gasteiger partial charge in [0.2, 0.25) is 5.91 Å². The number of nitrogens with zero attached hydrogens (tertiary/aromatic N) is 3. The molecule has 8 heteroatoms. The first-order chi connectivity index (χ1) is 13.0. The first-order valence-electron chi connectivity index (χ1n) is 8.44. The molecule has 0 radical (unpaired) electrons. The maximum absolute atomic E-state index is 14.3. The highest BCUT2D eigenvalue weighted by Crippen LogP contribution is 2.18. The fourth-order valence-electron chi connectivity index (χ4n) is 2.42. The fourth-order valence-corrected chi connectivity index (χ4v) is 3.48. The van der Waals surface area contributed by atoms with Crippen LogP contribution in [0.25, 0.3) is 11.8 Å². The molecule has 0 saturated carbocycles. The van der Waals surface area contributed by atoms with Crippen LogP contribution in [0.15, 0.2) is 46.5 Å². The van der Waals surface area contributed by atoms with E-state index in [0.717, 1.165) is 21.6 Å². The van der Waals surface area contributed by atoms with Crippen molar-refractivity contribution < 1.29 is 9.18 Å². The molecule has 2 aromatic heterocycles. The molecule has 0 spiro atoms. The van der Waals surface area contributed by atoms with E-state index in [2.05, 4.69) is 38.3 Å². The molecule has 1 N–H and O–H groups in total. The number of aromatic nitrogens is 3. The summed E-state index contributed by atoms with van der Waals surface area (Å²) in [4.78, 5) is 16.4. The van der Waals surface area contributed by atoms with E-state index in [1.54, 1.807) is 41.9 Å². The summed E-state index contributed by atoms with van der Waals surface area (Å²) in [5, 5.41) is 9.99. The predicted molar refractivity (Wildman–Crippen MR) is 108 cm³/mol. The second-order valence-electron chi connectivity index (χ2n) is 5.77. The van der Waals surface area contributed by atoms with E-state index in [1.165, 1.54) is 16.8 Å². The van der Waals surface area contributed by atoms with Crippen molar-refractivity contribution in [1.82, 2.24) is 20.1 Å². The summed E-state index contributed by atoms with van der Waals surface area (Å²) in [6, 6.07) is 4.73. The Balaban J connectivity index is 1.53. The van der Waals surface area contributed by atoms with Gasteiger partial charge in [-0.1, -0.05) is 13.0 Å². The van der Waals surface area contributed by atoms with Gasteiger partial charge in [0.1, 0.15) is 11.5 Å². The molecular formula is C19H18BrFN4OS. The molecule has 27 heavy (non-hydrogen) atoms. The molecule has 0 unspecified atom stereocenters. The van der Waals surface area contributed by atoms with Crippen LogP contribution in [0.5, 0.6) is 0 Å². The second-order valence-corrected chi connectivity index (χ2v) is 7.63. The number of carbonyl (C=O) groups is 1. The molecule has 0 saturated heterocycles. The van der Waals surface area contributed by atoms with Crippen molar-refractivity contribution in [2.24, 2.45) is 0 Å². The maximum Gasteiger partial charge on any atom is 0.244 e. The third-order valence-corrected chi connectivity index (χ3v) is 5.23. The van der Waals surface area contributed by atoms with Gasteiger partial charge in [-0.15, -0.1) is 11.3 Å². The van der Waals surface area contributed by atoms with Crippen molar-refractivity contribution >= 4 is 39.2 Å². The van der Waals surface area contributed by atoms with Crippen LogP contribution < -0.4 is 5.32 Å². The van der Waals surface area contributed by atoms with Crippen molar-refractivity contribution in [2.45, 2.75) is 19.8 Å². The molecule has 3 rings (SSSR count). The van der Waals surface area contributed by atoms with Crippen LogP contribution in [-0.4, -0.2) is 27.2 Å². The highest BCUT2D eigenvalue weighted by Gasteiger charge is 2.07. The molecule has 0 fully saturated rings. The predicted octanol–water partition coefficient (Wildman–Crippen LogP) is 4.16. The molecule has 2 heterocycles. The third kappa shape index (κ3) is 5.33. The summed E-state index contributed by atoms with van der Waals surface area (Å²) in [7, 11) is 0. The smallest absolute Gasteiger partial charge is 0.244 e. The SMILES string of the molecule is CCc1nc(CCNC(=O)/C=C/c2ccc(-n3cc(Br)cn3)c(F)c2)cs1. The number of nitrogens with one attached hydrogen (secondary N) is 1.